The van der Waals surface area contributed by atoms with E-state index in [1.807, 2.05) is 0 Å². The Hall–Kier alpha value is -0.820. The fourth-order valence-electron chi connectivity index (χ4n) is 1.88. The Bertz CT molecular complexity index is 302. The molecule has 0 aromatic heterocycles. The largest absolute Gasteiger partial charge is 0.330 e. The minimum atomic E-state index is 0.618. The topological polar surface area (TPSA) is 26.0 Å². The lowest BCUT2D eigenvalue weighted by Gasteiger charge is -2.12. The molecule has 0 fully saturated rings. The van der Waals surface area contributed by atoms with Crippen molar-refractivity contribution >= 4 is 0 Å². The van der Waals surface area contributed by atoms with Crippen molar-refractivity contribution in [2.24, 2.45) is 5.73 Å². The van der Waals surface area contributed by atoms with E-state index in [-0.39, 0.29) is 0 Å². The molecule has 0 radical (unpaired) electrons. The van der Waals surface area contributed by atoms with E-state index in [9.17, 15) is 0 Å². The van der Waals surface area contributed by atoms with E-state index in [0.717, 1.165) is 25.8 Å². The van der Waals surface area contributed by atoms with Gasteiger partial charge in [-0.3, -0.25) is 0 Å². The van der Waals surface area contributed by atoms with Gasteiger partial charge in [0.25, 0.3) is 0 Å². The van der Waals surface area contributed by atoms with Crippen LogP contribution in [0.2, 0.25) is 0 Å². The smallest absolute Gasteiger partial charge is 0.00741 e. The molecule has 0 spiro atoms. The first kappa shape index (κ1) is 12.3. The molecule has 0 heterocycles. The average molecular weight is 205 g/mol. The van der Waals surface area contributed by atoms with E-state index in [0.29, 0.717) is 5.92 Å². The van der Waals surface area contributed by atoms with Gasteiger partial charge in [0.1, 0.15) is 0 Å². The molecule has 0 bridgehead atoms. The maximum absolute atomic E-state index is 5.57. The average Bonchev–Trinajstić information content (AvgIpc) is 2.25. The zero-order valence-electron chi connectivity index (χ0n) is 10.2. The maximum Gasteiger partial charge on any atom is -0.00741 e. The van der Waals surface area contributed by atoms with Crippen molar-refractivity contribution in [3.05, 3.63) is 34.9 Å². The SMILES string of the molecule is CCc1ccc(C(C)C)cc1CCCN. The Labute approximate surface area is 93.7 Å². The Morgan fingerprint density at radius 3 is 2.47 bits per heavy atom. The molecule has 0 atom stereocenters. The standard InChI is InChI=1S/C14H23N/c1-4-12-7-8-13(11(2)3)10-14(12)6-5-9-15/h7-8,10-11H,4-6,9,15H2,1-3H3. The highest BCUT2D eigenvalue weighted by Crippen LogP contribution is 2.20. The van der Waals surface area contributed by atoms with Crippen LogP contribution in [0.1, 0.15) is 49.8 Å². The van der Waals surface area contributed by atoms with Crippen LogP contribution >= 0.6 is 0 Å². The summed E-state index contributed by atoms with van der Waals surface area (Å²) in [5.41, 5.74) is 9.98. The summed E-state index contributed by atoms with van der Waals surface area (Å²) in [4.78, 5) is 0. The lowest BCUT2D eigenvalue weighted by Crippen LogP contribution is -2.03. The Morgan fingerprint density at radius 2 is 1.93 bits per heavy atom. The van der Waals surface area contributed by atoms with Gasteiger partial charge in [0.15, 0.2) is 0 Å². The minimum Gasteiger partial charge on any atom is -0.330 e. The van der Waals surface area contributed by atoms with Gasteiger partial charge < -0.3 is 5.73 Å². The van der Waals surface area contributed by atoms with Gasteiger partial charge in [-0.15, -0.1) is 0 Å². The Kier molecular flexibility index (Phi) is 4.83. The quantitative estimate of drug-likeness (QED) is 0.784. The monoisotopic (exact) mass is 205 g/mol. The molecule has 0 aliphatic rings. The van der Waals surface area contributed by atoms with Crippen molar-refractivity contribution in [3.8, 4) is 0 Å². The number of nitrogens with two attached hydrogens (primary N) is 1. The minimum absolute atomic E-state index is 0.618. The number of benzene rings is 1. The predicted octanol–water partition coefficient (Wildman–Crippen LogP) is 3.26. The van der Waals surface area contributed by atoms with Crippen molar-refractivity contribution < 1.29 is 0 Å². The van der Waals surface area contributed by atoms with Crippen LogP contribution in [-0.2, 0) is 12.8 Å². The summed E-state index contributed by atoms with van der Waals surface area (Å²) >= 11 is 0. The molecule has 0 unspecified atom stereocenters. The van der Waals surface area contributed by atoms with Gasteiger partial charge in [-0.25, -0.2) is 0 Å². The second-order valence-electron chi connectivity index (χ2n) is 4.43. The van der Waals surface area contributed by atoms with Crippen molar-refractivity contribution in [2.45, 2.75) is 46.0 Å². The molecule has 1 aromatic rings. The van der Waals surface area contributed by atoms with Crippen molar-refractivity contribution in [3.63, 3.8) is 0 Å². The lowest BCUT2D eigenvalue weighted by molar-refractivity contribution is 0.810. The van der Waals surface area contributed by atoms with Crippen LogP contribution in [0.15, 0.2) is 18.2 Å². The zero-order chi connectivity index (χ0) is 11.3. The van der Waals surface area contributed by atoms with E-state index in [4.69, 9.17) is 5.73 Å². The maximum atomic E-state index is 5.57. The first-order chi connectivity index (χ1) is 7.19. The van der Waals surface area contributed by atoms with E-state index in [1.54, 1.807) is 0 Å². The zero-order valence-corrected chi connectivity index (χ0v) is 10.2. The van der Waals surface area contributed by atoms with Crippen molar-refractivity contribution in [1.29, 1.82) is 0 Å². The van der Waals surface area contributed by atoms with Gasteiger partial charge >= 0.3 is 0 Å². The van der Waals surface area contributed by atoms with E-state index < -0.39 is 0 Å². The highest BCUT2D eigenvalue weighted by Gasteiger charge is 2.04. The van der Waals surface area contributed by atoms with Gasteiger partial charge in [0, 0.05) is 0 Å². The highest BCUT2D eigenvalue weighted by molar-refractivity contribution is 5.33. The van der Waals surface area contributed by atoms with E-state index >= 15 is 0 Å². The molecule has 0 aliphatic carbocycles. The molecule has 2 N–H and O–H groups in total. The van der Waals surface area contributed by atoms with Gasteiger partial charge in [0.2, 0.25) is 0 Å². The van der Waals surface area contributed by atoms with Crippen LogP contribution < -0.4 is 5.73 Å². The number of rotatable bonds is 5. The van der Waals surface area contributed by atoms with Gasteiger partial charge in [-0.05, 0) is 48.4 Å². The molecule has 0 aliphatic heterocycles. The molecule has 0 saturated carbocycles. The summed E-state index contributed by atoms with van der Waals surface area (Å²) < 4.78 is 0. The molecule has 84 valence electrons. The molecular formula is C14H23N. The summed E-state index contributed by atoms with van der Waals surface area (Å²) in [6.45, 7) is 7.49. The third-order valence-corrected chi connectivity index (χ3v) is 2.93. The highest BCUT2D eigenvalue weighted by atomic mass is 14.5. The third kappa shape index (κ3) is 3.35. The lowest BCUT2D eigenvalue weighted by atomic mass is 9.94. The summed E-state index contributed by atoms with van der Waals surface area (Å²) in [5.74, 6) is 0.618. The Balaban J connectivity index is 2.91. The van der Waals surface area contributed by atoms with Gasteiger partial charge in [-0.1, -0.05) is 39.0 Å². The molecule has 1 heteroatoms. The number of hydrogen-bond donors (Lipinski definition) is 1. The number of hydrogen-bond acceptors (Lipinski definition) is 1. The number of aryl methyl sites for hydroxylation is 2. The molecule has 0 amide bonds. The van der Waals surface area contributed by atoms with Crippen molar-refractivity contribution in [1.82, 2.24) is 0 Å². The van der Waals surface area contributed by atoms with Gasteiger partial charge in [0.05, 0.1) is 0 Å². The Morgan fingerprint density at radius 1 is 1.20 bits per heavy atom. The first-order valence-electron chi connectivity index (χ1n) is 6.00. The molecule has 1 rings (SSSR count). The van der Waals surface area contributed by atoms with Crippen LogP contribution in [0, 0.1) is 0 Å². The summed E-state index contributed by atoms with van der Waals surface area (Å²) in [5, 5.41) is 0. The fraction of sp³-hybridized carbons (Fsp3) is 0.571. The normalized spacial score (nSPS) is 11.0. The predicted molar refractivity (Wildman–Crippen MR) is 67.3 cm³/mol. The second kappa shape index (κ2) is 5.92. The first-order valence-corrected chi connectivity index (χ1v) is 6.00. The summed E-state index contributed by atoms with van der Waals surface area (Å²) in [6, 6.07) is 6.90. The van der Waals surface area contributed by atoms with Gasteiger partial charge in [-0.2, -0.15) is 0 Å². The second-order valence-corrected chi connectivity index (χ2v) is 4.43. The van der Waals surface area contributed by atoms with Crippen LogP contribution in [0.25, 0.3) is 0 Å². The van der Waals surface area contributed by atoms with Crippen LogP contribution in [0.3, 0.4) is 0 Å². The molecular weight excluding hydrogens is 182 g/mol. The molecule has 1 aromatic carbocycles. The third-order valence-electron chi connectivity index (χ3n) is 2.93. The van der Waals surface area contributed by atoms with E-state index in [1.165, 1.54) is 16.7 Å². The fourth-order valence-corrected chi connectivity index (χ4v) is 1.88. The van der Waals surface area contributed by atoms with E-state index in [2.05, 4.69) is 39.0 Å². The van der Waals surface area contributed by atoms with Crippen LogP contribution in [0.4, 0.5) is 0 Å². The molecule has 0 saturated heterocycles. The van der Waals surface area contributed by atoms with Crippen LogP contribution in [-0.4, -0.2) is 6.54 Å². The van der Waals surface area contributed by atoms with Crippen LogP contribution in [0.5, 0.6) is 0 Å². The van der Waals surface area contributed by atoms with Crippen molar-refractivity contribution in [2.75, 3.05) is 6.54 Å². The molecule has 1 nitrogen and oxygen atoms in total. The summed E-state index contributed by atoms with van der Waals surface area (Å²) in [7, 11) is 0. The molecule has 15 heavy (non-hydrogen) atoms. The summed E-state index contributed by atoms with van der Waals surface area (Å²) in [6.07, 6.45) is 3.34.